The molecule has 2 aromatic rings. The predicted molar refractivity (Wildman–Crippen MR) is 60.7 cm³/mol. The lowest BCUT2D eigenvalue weighted by Crippen LogP contribution is -2.11. The molecule has 1 aromatic heterocycles. The first kappa shape index (κ1) is 12.6. The minimum atomic E-state index is -1.87. The Balaban J connectivity index is 2.15. The molecule has 0 radical (unpaired) electrons. The fourth-order valence-electron chi connectivity index (χ4n) is 1.37. The van der Waals surface area contributed by atoms with Gasteiger partial charge in [-0.25, -0.2) is 8.78 Å². The molecule has 1 heterocycles. The monoisotopic (exact) mass is 270 g/mol. The first-order chi connectivity index (χ1) is 8.58. The molecule has 0 fully saturated rings. The standard InChI is InChI=1S/C12H8F2O3S/c13-8-3-4-12(9(14)6-8)18(16)7-10(15)11-2-1-5-17-11/h1-6H,7H2. The Morgan fingerprint density at radius 3 is 2.67 bits per heavy atom. The average Bonchev–Trinajstić information content (AvgIpc) is 2.81. The maximum absolute atomic E-state index is 13.3. The van der Waals surface area contributed by atoms with E-state index in [-0.39, 0.29) is 10.7 Å². The minimum Gasteiger partial charge on any atom is -0.461 e. The zero-order chi connectivity index (χ0) is 13.1. The van der Waals surface area contributed by atoms with Crippen LogP contribution in [-0.4, -0.2) is 15.7 Å². The van der Waals surface area contributed by atoms with Crippen LogP contribution in [0.5, 0.6) is 0 Å². The molecule has 3 nitrogen and oxygen atoms in total. The number of carbonyl (C=O) groups is 1. The third-order valence-electron chi connectivity index (χ3n) is 2.20. The second kappa shape index (κ2) is 5.22. The van der Waals surface area contributed by atoms with Gasteiger partial charge in [0.15, 0.2) is 5.76 Å². The molecule has 0 amide bonds. The van der Waals surface area contributed by atoms with E-state index in [4.69, 9.17) is 4.42 Å². The number of benzene rings is 1. The van der Waals surface area contributed by atoms with E-state index < -0.39 is 34.0 Å². The molecule has 1 unspecified atom stereocenters. The molecule has 1 atom stereocenters. The zero-order valence-corrected chi connectivity index (χ0v) is 9.88. The molecule has 0 saturated heterocycles. The number of halogens is 2. The van der Waals surface area contributed by atoms with Crippen molar-refractivity contribution in [1.29, 1.82) is 0 Å². The second-order valence-electron chi connectivity index (χ2n) is 3.47. The number of furan rings is 1. The van der Waals surface area contributed by atoms with Crippen molar-refractivity contribution in [2.24, 2.45) is 0 Å². The van der Waals surface area contributed by atoms with Crippen LogP contribution >= 0.6 is 0 Å². The quantitative estimate of drug-likeness (QED) is 0.802. The summed E-state index contributed by atoms with van der Waals surface area (Å²) in [4.78, 5) is 11.4. The Morgan fingerprint density at radius 2 is 2.06 bits per heavy atom. The molecule has 0 aliphatic carbocycles. The summed E-state index contributed by atoms with van der Waals surface area (Å²) in [6.07, 6.45) is 1.31. The lowest BCUT2D eigenvalue weighted by atomic mass is 10.3. The first-order valence-electron chi connectivity index (χ1n) is 4.98. The lowest BCUT2D eigenvalue weighted by Gasteiger charge is -2.02. The average molecular weight is 270 g/mol. The van der Waals surface area contributed by atoms with Crippen molar-refractivity contribution in [3.8, 4) is 0 Å². The number of carbonyl (C=O) groups excluding carboxylic acids is 1. The first-order valence-corrected chi connectivity index (χ1v) is 6.30. The topological polar surface area (TPSA) is 47.3 Å². The summed E-state index contributed by atoms with van der Waals surface area (Å²) < 4.78 is 42.6. The number of hydrogen-bond donors (Lipinski definition) is 0. The van der Waals surface area contributed by atoms with E-state index in [1.165, 1.54) is 18.4 Å². The van der Waals surface area contributed by atoms with Crippen molar-refractivity contribution in [2.75, 3.05) is 5.75 Å². The van der Waals surface area contributed by atoms with E-state index in [0.717, 1.165) is 12.1 Å². The number of Topliss-reactive ketones (excluding diaryl/α,β-unsaturated/α-hetero) is 1. The van der Waals surface area contributed by atoms with Gasteiger partial charge in [0.2, 0.25) is 5.78 Å². The molecular weight excluding hydrogens is 262 g/mol. The van der Waals surface area contributed by atoms with Gasteiger partial charge in [-0.2, -0.15) is 0 Å². The molecule has 0 N–H and O–H groups in total. The van der Waals surface area contributed by atoms with E-state index >= 15 is 0 Å². The summed E-state index contributed by atoms with van der Waals surface area (Å²) in [5.41, 5.74) is 0. The van der Waals surface area contributed by atoms with Crippen molar-refractivity contribution < 1.29 is 22.2 Å². The molecule has 0 aliphatic rings. The van der Waals surface area contributed by atoms with Crippen LogP contribution in [0.25, 0.3) is 0 Å². The van der Waals surface area contributed by atoms with Crippen molar-refractivity contribution in [1.82, 2.24) is 0 Å². The maximum atomic E-state index is 13.3. The number of rotatable bonds is 4. The van der Waals surface area contributed by atoms with E-state index in [1.54, 1.807) is 0 Å². The maximum Gasteiger partial charge on any atom is 0.210 e. The fourth-order valence-corrected chi connectivity index (χ4v) is 2.40. The van der Waals surface area contributed by atoms with Crippen LogP contribution in [0, 0.1) is 11.6 Å². The SMILES string of the molecule is O=C(CS(=O)c1ccc(F)cc1F)c1ccco1. The van der Waals surface area contributed by atoms with Gasteiger partial charge in [-0.05, 0) is 24.3 Å². The Hall–Kier alpha value is -1.82. The van der Waals surface area contributed by atoms with Gasteiger partial charge in [-0.3, -0.25) is 9.00 Å². The summed E-state index contributed by atoms with van der Waals surface area (Å²) >= 11 is 0. The van der Waals surface area contributed by atoms with Crippen molar-refractivity contribution >= 4 is 16.6 Å². The fraction of sp³-hybridized carbons (Fsp3) is 0.0833. The highest BCUT2D eigenvalue weighted by Gasteiger charge is 2.17. The number of ketones is 1. The van der Waals surface area contributed by atoms with E-state index in [9.17, 15) is 17.8 Å². The van der Waals surface area contributed by atoms with Crippen LogP contribution in [0.2, 0.25) is 0 Å². The van der Waals surface area contributed by atoms with E-state index in [0.29, 0.717) is 6.07 Å². The highest BCUT2D eigenvalue weighted by molar-refractivity contribution is 7.85. The largest absolute Gasteiger partial charge is 0.461 e. The third-order valence-corrected chi connectivity index (χ3v) is 3.54. The van der Waals surface area contributed by atoms with Crippen molar-refractivity contribution in [3.63, 3.8) is 0 Å². The highest BCUT2D eigenvalue weighted by Crippen LogP contribution is 2.15. The minimum absolute atomic E-state index is 0.0610. The second-order valence-corrected chi connectivity index (χ2v) is 4.88. The predicted octanol–water partition coefficient (Wildman–Crippen LogP) is 2.55. The van der Waals surface area contributed by atoms with Gasteiger partial charge in [-0.15, -0.1) is 0 Å². The van der Waals surface area contributed by atoms with Crippen LogP contribution in [-0.2, 0) is 10.8 Å². The van der Waals surface area contributed by atoms with Gasteiger partial charge >= 0.3 is 0 Å². The number of hydrogen-bond acceptors (Lipinski definition) is 3. The molecule has 1 aromatic carbocycles. The molecule has 0 saturated carbocycles. The Bertz CT molecular complexity index is 593. The smallest absolute Gasteiger partial charge is 0.210 e. The van der Waals surface area contributed by atoms with E-state index in [1.807, 2.05) is 0 Å². The molecule has 2 rings (SSSR count). The Kier molecular flexibility index (Phi) is 3.66. The Morgan fingerprint density at radius 1 is 1.28 bits per heavy atom. The summed E-state index contributed by atoms with van der Waals surface area (Å²) in [6, 6.07) is 5.64. The normalized spacial score (nSPS) is 12.3. The molecule has 0 bridgehead atoms. The highest BCUT2D eigenvalue weighted by atomic mass is 32.2. The van der Waals surface area contributed by atoms with Crippen LogP contribution < -0.4 is 0 Å². The van der Waals surface area contributed by atoms with Gasteiger partial charge in [0.1, 0.15) is 11.6 Å². The van der Waals surface area contributed by atoms with Gasteiger partial charge in [-0.1, -0.05) is 0 Å². The molecule has 0 aliphatic heterocycles. The van der Waals surface area contributed by atoms with Gasteiger partial charge < -0.3 is 4.42 Å². The summed E-state index contributed by atoms with van der Waals surface area (Å²) in [5, 5.41) is 0. The van der Waals surface area contributed by atoms with Crippen LogP contribution in [0.15, 0.2) is 45.9 Å². The third kappa shape index (κ3) is 2.70. The molecular formula is C12H8F2O3S. The summed E-state index contributed by atoms with van der Waals surface area (Å²) in [7, 11) is -1.87. The molecule has 0 spiro atoms. The van der Waals surface area contributed by atoms with Crippen molar-refractivity contribution in [2.45, 2.75) is 4.90 Å². The van der Waals surface area contributed by atoms with Gasteiger partial charge in [0.05, 0.1) is 27.7 Å². The van der Waals surface area contributed by atoms with Gasteiger partial charge in [0.25, 0.3) is 0 Å². The molecule has 18 heavy (non-hydrogen) atoms. The van der Waals surface area contributed by atoms with E-state index in [2.05, 4.69) is 0 Å². The molecule has 6 heteroatoms. The van der Waals surface area contributed by atoms with Crippen molar-refractivity contribution in [3.05, 3.63) is 54.0 Å². The van der Waals surface area contributed by atoms with Crippen LogP contribution in [0.3, 0.4) is 0 Å². The van der Waals surface area contributed by atoms with Gasteiger partial charge in [0, 0.05) is 6.07 Å². The Labute approximate surface area is 104 Å². The van der Waals surface area contributed by atoms with Crippen LogP contribution in [0.1, 0.15) is 10.6 Å². The summed E-state index contributed by atoms with van der Waals surface area (Å²) in [5.74, 6) is -2.53. The lowest BCUT2D eigenvalue weighted by molar-refractivity contribution is 0.0991. The summed E-state index contributed by atoms with van der Waals surface area (Å²) in [6.45, 7) is 0. The van der Waals surface area contributed by atoms with Crippen LogP contribution in [0.4, 0.5) is 8.78 Å². The molecule has 94 valence electrons. The zero-order valence-electron chi connectivity index (χ0n) is 9.06.